The van der Waals surface area contributed by atoms with Crippen LogP contribution in [0, 0.1) is 11.8 Å². The maximum atomic E-state index is 11.9. The van der Waals surface area contributed by atoms with Crippen molar-refractivity contribution >= 4 is 5.97 Å². The van der Waals surface area contributed by atoms with Crippen LogP contribution in [0.3, 0.4) is 0 Å². The molecule has 0 bridgehead atoms. The SMILES string of the molecule is CCC1C(O)OC=C[C@H]1CC(=O)OCCc1ccc(O)cc1. The third kappa shape index (κ3) is 4.49. The fourth-order valence-electron chi connectivity index (χ4n) is 2.60. The Balaban J connectivity index is 1.76. The normalized spacial score (nSPS) is 23.8. The van der Waals surface area contributed by atoms with Crippen LogP contribution in [0.2, 0.25) is 0 Å². The molecule has 1 aliphatic heterocycles. The molecule has 120 valence electrons. The first-order valence-corrected chi connectivity index (χ1v) is 7.54. The van der Waals surface area contributed by atoms with Crippen molar-refractivity contribution in [2.45, 2.75) is 32.5 Å². The van der Waals surface area contributed by atoms with Crippen molar-refractivity contribution in [1.29, 1.82) is 0 Å². The first-order valence-electron chi connectivity index (χ1n) is 7.54. The van der Waals surface area contributed by atoms with Gasteiger partial charge in [0.05, 0.1) is 19.3 Å². The fourth-order valence-corrected chi connectivity index (χ4v) is 2.60. The van der Waals surface area contributed by atoms with E-state index in [1.165, 1.54) is 6.26 Å². The smallest absolute Gasteiger partial charge is 0.306 e. The molecule has 0 fully saturated rings. The molecule has 3 atom stereocenters. The monoisotopic (exact) mass is 306 g/mol. The van der Waals surface area contributed by atoms with Crippen molar-refractivity contribution in [3.63, 3.8) is 0 Å². The van der Waals surface area contributed by atoms with E-state index in [9.17, 15) is 15.0 Å². The molecule has 2 unspecified atom stereocenters. The summed E-state index contributed by atoms with van der Waals surface area (Å²) in [4.78, 5) is 11.9. The Morgan fingerprint density at radius 2 is 2.05 bits per heavy atom. The number of allylic oxidation sites excluding steroid dienone is 1. The van der Waals surface area contributed by atoms with Gasteiger partial charge in [0, 0.05) is 12.3 Å². The highest BCUT2D eigenvalue weighted by Gasteiger charge is 2.31. The third-order valence-corrected chi connectivity index (χ3v) is 3.92. The molecule has 0 radical (unpaired) electrons. The van der Waals surface area contributed by atoms with Gasteiger partial charge in [-0.15, -0.1) is 0 Å². The molecule has 1 heterocycles. The van der Waals surface area contributed by atoms with Crippen molar-refractivity contribution in [2.24, 2.45) is 11.8 Å². The number of benzene rings is 1. The number of hydrogen-bond acceptors (Lipinski definition) is 5. The van der Waals surface area contributed by atoms with Crippen LogP contribution < -0.4 is 0 Å². The lowest BCUT2D eigenvalue weighted by atomic mass is 9.86. The Labute approximate surface area is 130 Å². The van der Waals surface area contributed by atoms with E-state index >= 15 is 0 Å². The number of ether oxygens (including phenoxy) is 2. The molecule has 0 amide bonds. The summed E-state index contributed by atoms with van der Waals surface area (Å²) in [6.07, 6.45) is 3.98. The average Bonchev–Trinajstić information content (AvgIpc) is 2.49. The van der Waals surface area contributed by atoms with E-state index in [4.69, 9.17) is 9.47 Å². The molecule has 0 saturated heterocycles. The lowest BCUT2D eigenvalue weighted by Gasteiger charge is -2.30. The minimum Gasteiger partial charge on any atom is -0.508 e. The minimum absolute atomic E-state index is 0.0603. The second-order valence-electron chi connectivity index (χ2n) is 5.43. The number of rotatable bonds is 6. The Morgan fingerprint density at radius 1 is 1.32 bits per heavy atom. The second-order valence-corrected chi connectivity index (χ2v) is 5.43. The number of hydrogen-bond donors (Lipinski definition) is 2. The van der Waals surface area contributed by atoms with Gasteiger partial charge >= 0.3 is 5.97 Å². The highest BCUT2D eigenvalue weighted by Crippen LogP contribution is 2.29. The molecule has 0 spiro atoms. The molecule has 1 aromatic carbocycles. The van der Waals surface area contributed by atoms with Gasteiger partial charge in [-0.1, -0.05) is 19.1 Å². The number of phenolic OH excluding ortho intramolecular Hbond substituents is 1. The quantitative estimate of drug-likeness (QED) is 0.789. The van der Waals surface area contributed by atoms with Crippen LogP contribution in [0.4, 0.5) is 0 Å². The van der Waals surface area contributed by atoms with Gasteiger partial charge < -0.3 is 19.7 Å². The molecule has 22 heavy (non-hydrogen) atoms. The molecule has 0 saturated carbocycles. The number of esters is 1. The Bertz CT molecular complexity index is 508. The number of carbonyl (C=O) groups is 1. The second kappa shape index (κ2) is 7.84. The lowest BCUT2D eigenvalue weighted by Crippen LogP contribution is -2.32. The van der Waals surface area contributed by atoms with Gasteiger partial charge in [0.15, 0.2) is 6.29 Å². The average molecular weight is 306 g/mol. The van der Waals surface area contributed by atoms with Crippen LogP contribution >= 0.6 is 0 Å². The van der Waals surface area contributed by atoms with Crippen molar-refractivity contribution in [3.05, 3.63) is 42.2 Å². The summed E-state index contributed by atoms with van der Waals surface area (Å²) in [7, 11) is 0. The maximum absolute atomic E-state index is 11.9. The molecule has 1 aliphatic rings. The van der Waals surface area contributed by atoms with Gasteiger partial charge in [0.2, 0.25) is 0 Å². The van der Waals surface area contributed by atoms with Gasteiger partial charge in [0.1, 0.15) is 5.75 Å². The number of aliphatic hydroxyl groups excluding tert-OH is 1. The summed E-state index contributed by atoms with van der Waals surface area (Å²) < 4.78 is 10.3. The van der Waals surface area contributed by atoms with Crippen LogP contribution in [0.5, 0.6) is 5.75 Å². The minimum atomic E-state index is -0.857. The molecular formula is C17H22O5. The third-order valence-electron chi connectivity index (χ3n) is 3.92. The molecule has 0 aromatic heterocycles. The Morgan fingerprint density at radius 3 is 2.73 bits per heavy atom. The fraction of sp³-hybridized carbons (Fsp3) is 0.471. The van der Waals surface area contributed by atoms with E-state index in [0.29, 0.717) is 13.0 Å². The molecular weight excluding hydrogens is 284 g/mol. The van der Waals surface area contributed by atoms with Gasteiger partial charge in [-0.3, -0.25) is 4.79 Å². The molecule has 2 rings (SSSR count). The van der Waals surface area contributed by atoms with E-state index in [-0.39, 0.29) is 30.0 Å². The molecule has 5 nitrogen and oxygen atoms in total. The van der Waals surface area contributed by atoms with E-state index in [1.807, 2.05) is 13.0 Å². The molecule has 5 heteroatoms. The van der Waals surface area contributed by atoms with Crippen molar-refractivity contribution < 1.29 is 24.5 Å². The Hall–Kier alpha value is -2.01. The predicted molar refractivity (Wildman–Crippen MR) is 80.9 cm³/mol. The van der Waals surface area contributed by atoms with Crippen molar-refractivity contribution in [3.8, 4) is 5.75 Å². The van der Waals surface area contributed by atoms with E-state index in [2.05, 4.69) is 0 Å². The molecule has 2 N–H and O–H groups in total. The maximum Gasteiger partial charge on any atom is 0.306 e. The summed E-state index contributed by atoms with van der Waals surface area (Å²) >= 11 is 0. The first kappa shape index (κ1) is 16.4. The summed E-state index contributed by atoms with van der Waals surface area (Å²) in [5.74, 6) is -0.207. The molecule has 0 aliphatic carbocycles. The van der Waals surface area contributed by atoms with E-state index < -0.39 is 6.29 Å². The zero-order valence-corrected chi connectivity index (χ0v) is 12.6. The highest BCUT2D eigenvalue weighted by atomic mass is 16.6. The first-order chi connectivity index (χ1) is 10.6. The van der Waals surface area contributed by atoms with Gasteiger partial charge in [-0.2, -0.15) is 0 Å². The number of aliphatic hydroxyl groups is 1. The van der Waals surface area contributed by atoms with E-state index in [1.54, 1.807) is 24.3 Å². The van der Waals surface area contributed by atoms with Crippen LogP contribution in [0.1, 0.15) is 25.3 Å². The zero-order chi connectivity index (χ0) is 15.9. The standard InChI is InChI=1S/C17H22O5/c1-2-15-13(8-10-22-17(15)20)11-16(19)21-9-7-12-3-5-14(18)6-4-12/h3-6,8,10,13,15,17-18,20H,2,7,9,11H2,1H3/t13-,15?,17?/m0/s1. The number of phenols is 1. The van der Waals surface area contributed by atoms with Crippen LogP contribution in [0.25, 0.3) is 0 Å². The zero-order valence-electron chi connectivity index (χ0n) is 12.6. The summed E-state index contributed by atoms with van der Waals surface area (Å²) in [5.41, 5.74) is 0.999. The lowest BCUT2D eigenvalue weighted by molar-refractivity contribution is -0.148. The number of aromatic hydroxyl groups is 1. The summed E-state index contributed by atoms with van der Waals surface area (Å²) in [6.45, 7) is 2.26. The van der Waals surface area contributed by atoms with Gasteiger partial charge in [0.25, 0.3) is 0 Å². The van der Waals surface area contributed by atoms with Crippen LogP contribution in [-0.4, -0.2) is 29.1 Å². The summed E-state index contributed by atoms with van der Waals surface area (Å²) in [6, 6.07) is 6.82. The topological polar surface area (TPSA) is 76.0 Å². The number of carbonyl (C=O) groups excluding carboxylic acids is 1. The largest absolute Gasteiger partial charge is 0.508 e. The summed E-state index contributed by atoms with van der Waals surface area (Å²) in [5, 5.41) is 19.0. The van der Waals surface area contributed by atoms with Crippen molar-refractivity contribution in [2.75, 3.05) is 6.61 Å². The van der Waals surface area contributed by atoms with Gasteiger partial charge in [-0.05, 0) is 36.1 Å². The van der Waals surface area contributed by atoms with Gasteiger partial charge in [-0.25, -0.2) is 0 Å². The highest BCUT2D eigenvalue weighted by molar-refractivity contribution is 5.70. The molecule has 1 aromatic rings. The predicted octanol–water partition coefficient (Wildman–Crippen LogP) is 2.37. The van der Waals surface area contributed by atoms with E-state index in [0.717, 1.165) is 12.0 Å². The van der Waals surface area contributed by atoms with Crippen LogP contribution in [0.15, 0.2) is 36.6 Å². The Kier molecular flexibility index (Phi) is 5.83. The van der Waals surface area contributed by atoms with Crippen molar-refractivity contribution in [1.82, 2.24) is 0 Å². The van der Waals surface area contributed by atoms with Crippen LogP contribution in [-0.2, 0) is 20.7 Å².